The molecule has 3 heterocycles. The second-order valence-electron chi connectivity index (χ2n) is 13.0. The van der Waals surface area contributed by atoms with E-state index in [1.807, 2.05) is 33.6 Å². The first-order chi connectivity index (χ1) is 23.1. The van der Waals surface area contributed by atoms with E-state index < -0.39 is 62.4 Å². The lowest BCUT2D eigenvalue weighted by Crippen LogP contribution is -2.46. The standard InChI is InChI=1S/C31H48FN8O8P/c1-8-31(32)24(41)22(48-29(31)40-16-34-23-25(35-19-11-12-19)36-30(33)37-26(23)40)15-47-49(44,38-20(13-17(4)5)27(42)45-9-2)39-21(14-18(6)7)28(43)46-10-3/h1,16-22,24,29,41H,9-15H2,2-7H3,(H2,38,39,44)(H3,33,35,36,37)/t20-,21+,22-,24?,29-,31?,49?/m1/s1. The van der Waals surface area contributed by atoms with Crippen LogP contribution in [0, 0.1) is 24.2 Å². The number of anilines is 2. The van der Waals surface area contributed by atoms with Gasteiger partial charge in [0.2, 0.25) is 11.6 Å². The first-order valence-electron chi connectivity index (χ1n) is 16.5. The van der Waals surface area contributed by atoms with Gasteiger partial charge in [-0.3, -0.25) is 18.7 Å². The van der Waals surface area contributed by atoms with E-state index in [2.05, 4.69) is 30.4 Å². The van der Waals surface area contributed by atoms with Gasteiger partial charge < -0.3 is 34.9 Å². The second kappa shape index (κ2) is 16.1. The van der Waals surface area contributed by atoms with E-state index >= 15 is 4.39 Å². The van der Waals surface area contributed by atoms with Gasteiger partial charge in [0.15, 0.2) is 23.2 Å². The number of rotatable bonds is 18. The summed E-state index contributed by atoms with van der Waals surface area (Å²) in [4.78, 5) is 38.7. The number of fused-ring (bicyclic) bond motifs is 1. The van der Waals surface area contributed by atoms with E-state index in [-0.39, 0.29) is 55.5 Å². The highest BCUT2D eigenvalue weighted by molar-refractivity contribution is 7.54. The Balaban J connectivity index is 1.65. The summed E-state index contributed by atoms with van der Waals surface area (Å²) in [6, 6.07) is -2.03. The fourth-order valence-electron chi connectivity index (χ4n) is 5.47. The SMILES string of the molecule is C#CC1(F)C(O)[C@@H](COP(=O)(N[C@@H](CC(C)C)C(=O)OCC)N[C@H](CC(C)C)C(=O)OCC)O[C@H]1n1cnc2c(NC3CC3)nc(N)nc21. The molecule has 7 atom stereocenters. The highest BCUT2D eigenvalue weighted by Gasteiger charge is 2.58. The number of ether oxygens (including phenoxy) is 3. The van der Waals surface area contributed by atoms with Crippen molar-refractivity contribution in [1.29, 1.82) is 0 Å². The summed E-state index contributed by atoms with van der Waals surface area (Å²) in [6.07, 6.45) is 4.06. The van der Waals surface area contributed by atoms with Crippen LogP contribution in [-0.2, 0) is 32.9 Å². The van der Waals surface area contributed by atoms with Crippen LogP contribution in [0.3, 0.4) is 0 Å². The molecule has 16 nitrogen and oxygen atoms in total. The van der Waals surface area contributed by atoms with Crippen LogP contribution in [0.15, 0.2) is 6.33 Å². The van der Waals surface area contributed by atoms with Crippen molar-refractivity contribution in [2.24, 2.45) is 11.8 Å². The molecule has 2 aromatic rings. The maximum absolute atomic E-state index is 16.5. The third-order valence-corrected chi connectivity index (χ3v) is 9.72. The Labute approximate surface area is 285 Å². The smallest absolute Gasteiger partial charge is 0.342 e. The number of nitrogens with one attached hydrogen (secondary N) is 3. The van der Waals surface area contributed by atoms with Gasteiger partial charge in [-0.2, -0.15) is 9.97 Å². The van der Waals surface area contributed by atoms with E-state index in [0.717, 1.165) is 12.8 Å². The molecular weight excluding hydrogens is 662 g/mol. The van der Waals surface area contributed by atoms with Crippen molar-refractivity contribution in [2.75, 3.05) is 30.9 Å². The molecule has 4 rings (SSSR count). The number of imidazole rings is 1. The lowest BCUT2D eigenvalue weighted by Gasteiger charge is -2.30. The molecule has 0 spiro atoms. The summed E-state index contributed by atoms with van der Waals surface area (Å²) in [5.41, 5.74) is 3.53. The monoisotopic (exact) mass is 710 g/mol. The molecule has 2 fully saturated rings. The zero-order chi connectivity index (χ0) is 36.1. The molecule has 6 N–H and O–H groups in total. The number of aliphatic hydroxyl groups excluding tert-OH is 1. The van der Waals surface area contributed by atoms with Crippen molar-refractivity contribution in [3.8, 4) is 12.3 Å². The minimum atomic E-state index is -4.40. The number of alkyl halides is 1. The average molecular weight is 711 g/mol. The van der Waals surface area contributed by atoms with Gasteiger partial charge in [0.1, 0.15) is 24.3 Å². The molecule has 0 bridgehead atoms. The summed E-state index contributed by atoms with van der Waals surface area (Å²) in [5.74, 6) is 0.800. The highest BCUT2D eigenvalue weighted by Crippen LogP contribution is 2.46. The molecule has 1 aliphatic heterocycles. The number of carbonyl (C=O) groups is 2. The maximum Gasteiger partial charge on any atom is 0.342 e. The Morgan fingerprint density at radius 2 is 1.71 bits per heavy atom. The molecule has 1 saturated carbocycles. The molecule has 2 aliphatic rings. The van der Waals surface area contributed by atoms with Crippen molar-refractivity contribution >= 4 is 42.5 Å². The van der Waals surface area contributed by atoms with Crippen LogP contribution >= 0.6 is 7.67 Å². The van der Waals surface area contributed by atoms with Crippen LogP contribution in [0.4, 0.5) is 16.2 Å². The number of halogens is 1. The topological polar surface area (TPSA) is 214 Å². The number of nitrogen functional groups attached to an aromatic ring is 1. The van der Waals surface area contributed by atoms with Gasteiger partial charge >= 0.3 is 19.6 Å². The van der Waals surface area contributed by atoms with E-state index in [0.29, 0.717) is 11.3 Å². The number of hydrogen-bond acceptors (Lipinski definition) is 13. The lowest BCUT2D eigenvalue weighted by molar-refractivity contribution is -0.146. The summed E-state index contributed by atoms with van der Waals surface area (Å²) in [6.45, 7) is 10.2. The van der Waals surface area contributed by atoms with Gasteiger partial charge in [-0.1, -0.05) is 33.6 Å². The Morgan fingerprint density at radius 3 is 2.20 bits per heavy atom. The molecule has 1 saturated heterocycles. The van der Waals surface area contributed by atoms with Crippen LogP contribution in [0.1, 0.15) is 73.5 Å². The number of carbonyl (C=O) groups excluding carboxylic acids is 2. The normalized spacial score (nSPS) is 24.8. The van der Waals surface area contributed by atoms with Crippen LogP contribution in [-0.4, -0.2) is 92.4 Å². The Hall–Kier alpha value is -3.39. The summed E-state index contributed by atoms with van der Waals surface area (Å²) < 4.78 is 54.6. The number of aliphatic hydroxyl groups is 1. The van der Waals surface area contributed by atoms with Gasteiger partial charge in [-0.05, 0) is 51.4 Å². The lowest BCUT2D eigenvalue weighted by atomic mass is 9.97. The van der Waals surface area contributed by atoms with Crippen molar-refractivity contribution in [3.63, 3.8) is 0 Å². The Morgan fingerprint density at radius 1 is 1.14 bits per heavy atom. The third-order valence-electron chi connectivity index (χ3n) is 7.91. The first kappa shape index (κ1) is 38.4. The molecule has 49 heavy (non-hydrogen) atoms. The van der Waals surface area contributed by atoms with Gasteiger partial charge in [0.25, 0.3) is 0 Å². The fraction of sp³-hybridized carbons (Fsp3) is 0.710. The van der Waals surface area contributed by atoms with E-state index in [1.165, 1.54) is 10.9 Å². The first-order valence-corrected chi connectivity index (χ1v) is 18.2. The molecular formula is C31H48FN8O8P. The molecule has 0 amide bonds. The molecule has 3 unspecified atom stereocenters. The summed E-state index contributed by atoms with van der Waals surface area (Å²) in [5, 5.41) is 19.9. The number of terminal acetylenes is 1. The average Bonchev–Trinajstić information content (AvgIpc) is 3.69. The van der Waals surface area contributed by atoms with Crippen molar-refractivity contribution in [1.82, 2.24) is 29.7 Å². The number of hydrogen-bond donors (Lipinski definition) is 5. The summed E-state index contributed by atoms with van der Waals surface area (Å²) in [7, 11) is -4.40. The maximum atomic E-state index is 16.5. The zero-order valence-electron chi connectivity index (χ0n) is 28.7. The van der Waals surface area contributed by atoms with Crippen LogP contribution in [0.25, 0.3) is 11.2 Å². The molecule has 0 aromatic carbocycles. The fourth-order valence-corrected chi connectivity index (χ4v) is 7.29. The van der Waals surface area contributed by atoms with Gasteiger partial charge in [-0.15, -0.1) is 6.42 Å². The van der Waals surface area contributed by atoms with Crippen molar-refractivity contribution in [3.05, 3.63) is 6.33 Å². The van der Waals surface area contributed by atoms with E-state index in [1.54, 1.807) is 13.8 Å². The predicted molar refractivity (Wildman–Crippen MR) is 179 cm³/mol. The van der Waals surface area contributed by atoms with Crippen molar-refractivity contribution < 1.29 is 42.4 Å². The molecule has 18 heteroatoms. The second-order valence-corrected chi connectivity index (χ2v) is 14.9. The van der Waals surface area contributed by atoms with Crippen LogP contribution in [0.2, 0.25) is 0 Å². The van der Waals surface area contributed by atoms with Crippen molar-refractivity contribution in [2.45, 2.75) is 109 Å². The minimum absolute atomic E-state index is 0.0433. The molecule has 1 aliphatic carbocycles. The number of nitrogens with zero attached hydrogens (tertiary/aromatic N) is 4. The molecule has 0 radical (unpaired) electrons. The molecule has 272 valence electrons. The van der Waals surface area contributed by atoms with Crippen LogP contribution < -0.4 is 21.2 Å². The highest BCUT2D eigenvalue weighted by atomic mass is 31.2. The quantitative estimate of drug-likeness (QED) is 0.0855. The summed E-state index contributed by atoms with van der Waals surface area (Å²) >= 11 is 0. The number of aromatic nitrogens is 4. The largest absolute Gasteiger partial charge is 0.465 e. The van der Waals surface area contributed by atoms with E-state index in [4.69, 9.17) is 30.9 Å². The number of esters is 2. The van der Waals surface area contributed by atoms with Gasteiger partial charge in [0, 0.05) is 6.04 Å². The predicted octanol–water partition coefficient (Wildman–Crippen LogP) is 2.84. The minimum Gasteiger partial charge on any atom is -0.465 e. The third kappa shape index (κ3) is 9.24. The Bertz CT molecular complexity index is 1530. The van der Waals surface area contributed by atoms with Gasteiger partial charge in [0.05, 0.1) is 26.1 Å². The zero-order valence-corrected chi connectivity index (χ0v) is 29.6. The number of nitrogens with two attached hydrogens (primary N) is 1. The Kier molecular flexibility index (Phi) is 12.6. The van der Waals surface area contributed by atoms with Gasteiger partial charge in [-0.25, -0.2) is 19.5 Å². The van der Waals surface area contributed by atoms with E-state index in [9.17, 15) is 19.3 Å². The molecule has 2 aromatic heterocycles. The van der Waals surface area contributed by atoms with Crippen LogP contribution in [0.5, 0.6) is 0 Å².